The zero-order valence-corrected chi connectivity index (χ0v) is 17.3. The van der Waals surface area contributed by atoms with Gasteiger partial charge in [0.2, 0.25) is 0 Å². The van der Waals surface area contributed by atoms with Gasteiger partial charge in [0.1, 0.15) is 17.1 Å². The van der Waals surface area contributed by atoms with Gasteiger partial charge in [-0.15, -0.1) is 0 Å². The van der Waals surface area contributed by atoms with Gasteiger partial charge in [0.25, 0.3) is 5.91 Å². The van der Waals surface area contributed by atoms with Crippen molar-refractivity contribution in [3.63, 3.8) is 0 Å². The lowest BCUT2D eigenvalue weighted by Gasteiger charge is -2.36. The number of amides is 1. The van der Waals surface area contributed by atoms with Gasteiger partial charge in [-0.3, -0.25) is 14.9 Å². The van der Waals surface area contributed by atoms with Crippen molar-refractivity contribution in [1.29, 1.82) is 0 Å². The molecule has 0 aliphatic carbocycles. The van der Waals surface area contributed by atoms with E-state index in [4.69, 9.17) is 11.6 Å². The Bertz CT molecular complexity index is 1080. The zero-order valence-electron chi connectivity index (χ0n) is 16.6. The van der Waals surface area contributed by atoms with Crippen LogP contribution < -0.4 is 15.1 Å². The van der Waals surface area contributed by atoms with E-state index in [0.29, 0.717) is 42.6 Å². The molecule has 0 unspecified atom stereocenters. The number of nitro benzene ring substituents is 1. The summed E-state index contributed by atoms with van der Waals surface area (Å²) in [5, 5.41) is 15.2. The molecule has 2 heterocycles. The number of nitrogens with zero attached hydrogens (tertiary/aromatic N) is 4. The third-order valence-electron chi connectivity index (χ3n) is 5.14. The van der Waals surface area contributed by atoms with Crippen LogP contribution in [0.2, 0.25) is 5.02 Å². The van der Waals surface area contributed by atoms with Crippen molar-refractivity contribution in [1.82, 2.24) is 4.98 Å². The first-order chi connectivity index (χ1) is 15.0. The van der Waals surface area contributed by atoms with E-state index in [1.54, 1.807) is 42.6 Å². The summed E-state index contributed by atoms with van der Waals surface area (Å²) in [5.41, 5.74) is 0.775. The number of hydrogen-bond donors (Lipinski definition) is 1. The summed E-state index contributed by atoms with van der Waals surface area (Å²) in [6, 6.07) is 17.1. The number of carbonyl (C=O) groups excluding carboxylic acids is 1. The number of nitro groups is 1. The Hall–Kier alpha value is -3.65. The highest BCUT2D eigenvalue weighted by atomic mass is 35.5. The number of carbonyl (C=O) groups is 1. The number of benzene rings is 2. The van der Waals surface area contributed by atoms with Crippen molar-refractivity contribution < 1.29 is 9.72 Å². The standard InChI is InChI=1S/C22H20ClN5O3/c23-16-7-9-17(10-8-16)25-22(29)18-4-3-5-19(21(18)28(30)31)26-12-14-27(15-13-26)20-6-1-2-11-24-20/h1-11H,12-15H2,(H,25,29). The normalized spacial score (nSPS) is 13.7. The number of piperazine rings is 1. The minimum absolute atomic E-state index is 0.0182. The predicted octanol–water partition coefficient (Wildman–Crippen LogP) is 4.22. The van der Waals surface area contributed by atoms with E-state index in [2.05, 4.69) is 15.2 Å². The Morgan fingerprint density at radius 1 is 0.968 bits per heavy atom. The summed E-state index contributed by atoms with van der Waals surface area (Å²) in [6.45, 7) is 2.52. The summed E-state index contributed by atoms with van der Waals surface area (Å²) in [4.78, 5) is 32.7. The average Bonchev–Trinajstić information content (AvgIpc) is 2.80. The molecule has 1 fully saturated rings. The lowest BCUT2D eigenvalue weighted by Crippen LogP contribution is -2.47. The first-order valence-corrected chi connectivity index (χ1v) is 10.2. The molecular weight excluding hydrogens is 418 g/mol. The van der Waals surface area contributed by atoms with E-state index in [0.717, 1.165) is 5.82 Å². The molecule has 9 heteroatoms. The molecule has 1 aliphatic rings. The second-order valence-electron chi connectivity index (χ2n) is 7.05. The first-order valence-electron chi connectivity index (χ1n) is 9.78. The lowest BCUT2D eigenvalue weighted by molar-refractivity contribution is -0.384. The molecule has 1 aromatic heterocycles. The molecule has 1 aliphatic heterocycles. The van der Waals surface area contributed by atoms with Crippen LogP contribution in [0.15, 0.2) is 66.9 Å². The van der Waals surface area contributed by atoms with Gasteiger partial charge >= 0.3 is 5.69 Å². The number of nitrogens with one attached hydrogen (secondary N) is 1. The second-order valence-corrected chi connectivity index (χ2v) is 7.49. The zero-order chi connectivity index (χ0) is 21.8. The van der Waals surface area contributed by atoms with Gasteiger partial charge in [-0.25, -0.2) is 4.98 Å². The Morgan fingerprint density at radius 2 is 1.68 bits per heavy atom. The Balaban J connectivity index is 1.55. The quantitative estimate of drug-likeness (QED) is 0.474. The second kappa shape index (κ2) is 9.01. The molecule has 0 radical (unpaired) electrons. The minimum atomic E-state index is -0.539. The summed E-state index contributed by atoms with van der Waals surface area (Å²) in [7, 11) is 0. The molecule has 31 heavy (non-hydrogen) atoms. The first kappa shape index (κ1) is 20.6. The fourth-order valence-electron chi connectivity index (χ4n) is 3.61. The maximum absolute atomic E-state index is 12.8. The molecule has 0 saturated carbocycles. The van der Waals surface area contributed by atoms with Gasteiger partial charge in [0.05, 0.1) is 4.92 Å². The number of para-hydroxylation sites is 1. The minimum Gasteiger partial charge on any atom is -0.362 e. The van der Waals surface area contributed by atoms with Gasteiger partial charge in [-0.1, -0.05) is 23.7 Å². The van der Waals surface area contributed by atoms with Crippen molar-refractivity contribution in [3.8, 4) is 0 Å². The van der Waals surface area contributed by atoms with Crippen LogP contribution in [0.5, 0.6) is 0 Å². The van der Waals surface area contributed by atoms with Crippen molar-refractivity contribution in [2.75, 3.05) is 41.3 Å². The van der Waals surface area contributed by atoms with Crippen molar-refractivity contribution >= 4 is 40.4 Å². The Kier molecular flexibility index (Phi) is 5.99. The van der Waals surface area contributed by atoms with E-state index >= 15 is 0 Å². The van der Waals surface area contributed by atoms with Crippen LogP contribution in [-0.2, 0) is 0 Å². The number of aromatic nitrogens is 1. The third-order valence-corrected chi connectivity index (χ3v) is 5.39. The number of hydrogen-bond acceptors (Lipinski definition) is 6. The van der Waals surface area contributed by atoms with E-state index in [-0.39, 0.29) is 11.3 Å². The van der Waals surface area contributed by atoms with E-state index in [9.17, 15) is 14.9 Å². The van der Waals surface area contributed by atoms with Crippen LogP contribution in [0.25, 0.3) is 0 Å². The molecule has 3 aromatic rings. The molecule has 0 atom stereocenters. The highest BCUT2D eigenvalue weighted by Gasteiger charge is 2.29. The smallest absolute Gasteiger partial charge is 0.305 e. The lowest BCUT2D eigenvalue weighted by atomic mass is 10.1. The highest BCUT2D eigenvalue weighted by molar-refractivity contribution is 6.30. The van der Waals surface area contributed by atoms with Crippen molar-refractivity contribution in [2.24, 2.45) is 0 Å². The number of pyridine rings is 1. The molecule has 1 N–H and O–H groups in total. The van der Waals surface area contributed by atoms with Crippen LogP contribution in [-0.4, -0.2) is 42.0 Å². The Morgan fingerprint density at radius 3 is 2.32 bits per heavy atom. The fourth-order valence-corrected chi connectivity index (χ4v) is 3.74. The van der Waals surface area contributed by atoms with Crippen molar-refractivity contribution in [3.05, 3.63) is 87.6 Å². The van der Waals surface area contributed by atoms with Gasteiger partial charge < -0.3 is 15.1 Å². The van der Waals surface area contributed by atoms with Crippen LogP contribution >= 0.6 is 11.6 Å². The van der Waals surface area contributed by atoms with Gasteiger partial charge in [-0.2, -0.15) is 0 Å². The summed E-state index contributed by atoms with van der Waals surface area (Å²) in [5.74, 6) is 0.343. The summed E-state index contributed by atoms with van der Waals surface area (Å²) in [6.07, 6.45) is 1.75. The molecule has 158 valence electrons. The van der Waals surface area contributed by atoms with E-state index in [1.165, 1.54) is 6.07 Å². The van der Waals surface area contributed by atoms with Crippen LogP contribution in [0.3, 0.4) is 0 Å². The molecule has 8 nitrogen and oxygen atoms in total. The Labute approximate surface area is 184 Å². The molecular formula is C22H20ClN5O3. The molecule has 2 aromatic carbocycles. The summed E-state index contributed by atoms with van der Waals surface area (Å²) >= 11 is 5.87. The van der Waals surface area contributed by atoms with Gasteiger partial charge in [0, 0.05) is 43.1 Å². The average molecular weight is 438 g/mol. The summed E-state index contributed by atoms with van der Waals surface area (Å²) < 4.78 is 0. The predicted molar refractivity (Wildman–Crippen MR) is 121 cm³/mol. The fraction of sp³-hybridized carbons (Fsp3) is 0.182. The maximum Gasteiger partial charge on any atom is 0.305 e. The topological polar surface area (TPSA) is 91.6 Å². The largest absolute Gasteiger partial charge is 0.362 e. The van der Waals surface area contributed by atoms with Crippen molar-refractivity contribution in [2.45, 2.75) is 0 Å². The molecule has 0 spiro atoms. The highest BCUT2D eigenvalue weighted by Crippen LogP contribution is 2.33. The van der Waals surface area contributed by atoms with E-state index < -0.39 is 10.8 Å². The van der Waals surface area contributed by atoms with Crippen LogP contribution in [0.4, 0.5) is 22.9 Å². The molecule has 4 rings (SSSR count). The van der Waals surface area contributed by atoms with Gasteiger partial charge in [-0.05, 0) is 48.5 Å². The molecule has 0 bridgehead atoms. The monoisotopic (exact) mass is 437 g/mol. The maximum atomic E-state index is 12.8. The number of rotatable bonds is 5. The SMILES string of the molecule is O=C(Nc1ccc(Cl)cc1)c1cccc(N2CCN(c3ccccn3)CC2)c1[N+](=O)[O-]. The number of anilines is 3. The third kappa shape index (κ3) is 4.59. The van der Waals surface area contributed by atoms with E-state index in [1.807, 2.05) is 23.1 Å². The number of halogens is 1. The molecule has 1 saturated heterocycles. The molecule has 1 amide bonds. The van der Waals surface area contributed by atoms with Crippen LogP contribution in [0, 0.1) is 10.1 Å². The van der Waals surface area contributed by atoms with Crippen LogP contribution in [0.1, 0.15) is 10.4 Å². The van der Waals surface area contributed by atoms with Gasteiger partial charge in [0.15, 0.2) is 0 Å².